The summed E-state index contributed by atoms with van der Waals surface area (Å²) in [6, 6.07) is 14.1. The molecule has 4 rings (SSSR count). The molecule has 0 fully saturated rings. The van der Waals surface area contributed by atoms with Crippen molar-refractivity contribution in [3.8, 4) is 11.4 Å². The van der Waals surface area contributed by atoms with Gasteiger partial charge in [-0.05, 0) is 30.2 Å². The molecule has 0 aliphatic heterocycles. The Kier molecular flexibility index (Phi) is 3.84. The zero-order valence-corrected chi connectivity index (χ0v) is 14.5. The number of hydrogen-bond donors (Lipinski definition) is 0. The third-order valence-corrected chi connectivity index (χ3v) is 4.14. The van der Waals surface area contributed by atoms with Gasteiger partial charge in [0.15, 0.2) is 11.3 Å². The molecule has 26 heavy (non-hydrogen) atoms. The van der Waals surface area contributed by atoms with Crippen molar-refractivity contribution < 1.29 is 4.92 Å². The molecule has 0 spiro atoms. The van der Waals surface area contributed by atoms with Crippen molar-refractivity contribution in [2.24, 2.45) is 5.92 Å². The summed E-state index contributed by atoms with van der Waals surface area (Å²) in [5.41, 5.74) is 3.79. The van der Waals surface area contributed by atoms with Crippen molar-refractivity contribution in [2.75, 3.05) is 0 Å². The lowest BCUT2D eigenvalue weighted by Crippen LogP contribution is -2.07. The standard InChI is InChI=1S/C19H17N5O2/c1-12(2)11-23-18(13-7-9-14(10-8-13)24(25)26)22-17-19(23)21-16-6-4-3-5-15(16)20-17/h3-10,12H,11H2,1-2H3. The van der Waals surface area contributed by atoms with Crippen LogP contribution in [0.1, 0.15) is 13.8 Å². The lowest BCUT2D eigenvalue weighted by Gasteiger charge is -2.11. The van der Waals surface area contributed by atoms with E-state index in [4.69, 9.17) is 4.98 Å². The van der Waals surface area contributed by atoms with Gasteiger partial charge in [-0.1, -0.05) is 26.0 Å². The van der Waals surface area contributed by atoms with E-state index in [-0.39, 0.29) is 5.69 Å². The van der Waals surface area contributed by atoms with Crippen molar-refractivity contribution in [1.29, 1.82) is 0 Å². The van der Waals surface area contributed by atoms with Crippen molar-refractivity contribution in [2.45, 2.75) is 20.4 Å². The maximum Gasteiger partial charge on any atom is 0.269 e. The Bertz CT molecular complexity index is 1120. The number of non-ortho nitro benzene ring substituents is 1. The van der Waals surface area contributed by atoms with Gasteiger partial charge in [0, 0.05) is 24.2 Å². The van der Waals surface area contributed by atoms with E-state index < -0.39 is 4.92 Å². The number of imidazole rings is 1. The van der Waals surface area contributed by atoms with Gasteiger partial charge in [-0.15, -0.1) is 0 Å². The summed E-state index contributed by atoms with van der Waals surface area (Å²) in [4.78, 5) is 24.6. The van der Waals surface area contributed by atoms with Gasteiger partial charge in [0.2, 0.25) is 0 Å². The summed E-state index contributed by atoms with van der Waals surface area (Å²) in [5.74, 6) is 1.11. The molecule has 0 aliphatic carbocycles. The first-order valence-corrected chi connectivity index (χ1v) is 8.41. The molecule has 2 heterocycles. The fourth-order valence-electron chi connectivity index (χ4n) is 2.99. The Morgan fingerprint density at radius 1 is 1.00 bits per heavy atom. The van der Waals surface area contributed by atoms with Crippen LogP contribution in [0.25, 0.3) is 33.7 Å². The number of hydrogen-bond acceptors (Lipinski definition) is 5. The molecule has 2 aromatic carbocycles. The Morgan fingerprint density at radius 2 is 1.65 bits per heavy atom. The highest BCUT2D eigenvalue weighted by Crippen LogP contribution is 2.27. The fourth-order valence-corrected chi connectivity index (χ4v) is 2.99. The van der Waals surface area contributed by atoms with Crippen LogP contribution >= 0.6 is 0 Å². The molecular weight excluding hydrogens is 330 g/mol. The van der Waals surface area contributed by atoms with Crippen LogP contribution < -0.4 is 0 Å². The lowest BCUT2D eigenvalue weighted by atomic mass is 10.1. The van der Waals surface area contributed by atoms with Crippen LogP contribution in [0.4, 0.5) is 5.69 Å². The summed E-state index contributed by atoms with van der Waals surface area (Å²) >= 11 is 0. The average molecular weight is 347 g/mol. The molecule has 7 nitrogen and oxygen atoms in total. The van der Waals surface area contributed by atoms with Gasteiger partial charge < -0.3 is 4.57 Å². The van der Waals surface area contributed by atoms with Crippen LogP contribution in [0.5, 0.6) is 0 Å². The minimum Gasteiger partial charge on any atom is -0.307 e. The van der Waals surface area contributed by atoms with Gasteiger partial charge in [-0.3, -0.25) is 10.1 Å². The van der Waals surface area contributed by atoms with Gasteiger partial charge in [0.05, 0.1) is 16.0 Å². The van der Waals surface area contributed by atoms with E-state index in [1.165, 1.54) is 12.1 Å². The highest BCUT2D eigenvalue weighted by molar-refractivity contribution is 5.84. The topological polar surface area (TPSA) is 86.7 Å². The molecule has 0 amide bonds. The summed E-state index contributed by atoms with van der Waals surface area (Å²) in [5, 5.41) is 10.9. The molecule has 0 saturated heterocycles. The smallest absolute Gasteiger partial charge is 0.269 e. The zero-order chi connectivity index (χ0) is 18.3. The lowest BCUT2D eigenvalue weighted by molar-refractivity contribution is -0.384. The van der Waals surface area contributed by atoms with E-state index in [9.17, 15) is 10.1 Å². The number of rotatable bonds is 4. The van der Waals surface area contributed by atoms with E-state index in [1.54, 1.807) is 12.1 Å². The minimum absolute atomic E-state index is 0.0576. The molecule has 7 heteroatoms. The van der Waals surface area contributed by atoms with Gasteiger partial charge in [-0.25, -0.2) is 15.0 Å². The Hall–Kier alpha value is -3.35. The molecular formula is C19H17N5O2. The summed E-state index contributed by atoms with van der Waals surface area (Å²) < 4.78 is 2.04. The molecule has 2 aromatic heterocycles. The summed E-state index contributed by atoms with van der Waals surface area (Å²) in [7, 11) is 0. The number of para-hydroxylation sites is 2. The van der Waals surface area contributed by atoms with Crippen LogP contribution in [0.2, 0.25) is 0 Å². The molecule has 0 aliphatic rings. The Balaban J connectivity index is 1.94. The molecule has 4 aromatic rings. The Morgan fingerprint density at radius 3 is 2.27 bits per heavy atom. The molecule has 0 unspecified atom stereocenters. The number of aromatic nitrogens is 4. The highest BCUT2D eigenvalue weighted by Gasteiger charge is 2.17. The third-order valence-electron chi connectivity index (χ3n) is 4.14. The van der Waals surface area contributed by atoms with Crippen LogP contribution in [0.3, 0.4) is 0 Å². The Labute approximate surface area is 149 Å². The number of nitro groups is 1. The second kappa shape index (κ2) is 6.18. The zero-order valence-electron chi connectivity index (χ0n) is 14.5. The third kappa shape index (κ3) is 2.77. The molecule has 0 saturated carbocycles. The number of fused-ring (bicyclic) bond motifs is 2. The molecule has 0 bridgehead atoms. The van der Waals surface area contributed by atoms with E-state index in [0.29, 0.717) is 11.6 Å². The molecule has 0 atom stereocenters. The van der Waals surface area contributed by atoms with E-state index in [2.05, 4.69) is 23.8 Å². The number of nitro benzene ring substituents is 1. The second-order valence-corrected chi connectivity index (χ2v) is 6.60. The summed E-state index contributed by atoms with van der Waals surface area (Å²) in [6.45, 7) is 4.98. The van der Waals surface area contributed by atoms with Crippen molar-refractivity contribution in [1.82, 2.24) is 19.5 Å². The van der Waals surface area contributed by atoms with Crippen molar-refractivity contribution >= 4 is 28.0 Å². The van der Waals surface area contributed by atoms with E-state index >= 15 is 0 Å². The first-order chi connectivity index (χ1) is 12.5. The first kappa shape index (κ1) is 16.1. The van der Waals surface area contributed by atoms with Crippen molar-refractivity contribution in [3.63, 3.8) is 0 Å². The fraction of sp³-hybridized carbons (Fsp3) is 0.211. The second-order valence-electron chi connectivity index (χ2n) is 6.60. The van der Waals surface area contributed by atoms with Crippen LogP contribution in [0, 0.1) is 16.0 Å². The van der Waals surface area contributed by atoms with Gasteiger partial charge in [0.1, 0.15) is 5.82 Å². The quantitative estimate of drug-likeness (QED) is 0.408. The van der Waals surface area contributed by atoms with E-state index in [0.717, 1.165) is 34.6 Å². The normalized spacial score (nSPS) is 11.5. The number of benzene rings is 2. The average Bonchev–Trinajstić information content (AvgIpc) is 2.97. The maximum atomic E-state index is 10.9. The summed E-state index contributed by atoms with van der Waals surface area (Å²) in [6.07, 6.45) is 0. The predicted octanol–water partition coefficient (Wildman–Crippen LogP) is 4.21. The van der Waals surface area contributed by atoms with Gasteiger partial charge >= 0.3 is 0 Å². The molecule has 0 N–H and O–H groups in total. The maximum absolute atomic E-state index is 10.9. The minimum atomic E-state index is -0.406. The highest BCUT2D eigenvalue weighted by atomic mass is 16.6. The number of nitrogens with zero attached hydrogens (tertiary/aromatic N) is 5. The molecule has 130 valence electrons. The van der Waals surface area contributed by atoms with Gasteiger partial charge in [-0.2, -0.15) is 0 Å². The van der Waals surface area contributed by atoms with Crippen molar-refractivity contribution in [3.05, 3.63) is 58.6 Å². The first-order valence-electron chi connectivity index (χ1n) is 8.41. The SMILES string of the molecule is CC(C)Cn1c(-c2ccc([N+](=O)[O-])cc2)nc2nc3ccccc3nc21. The van der Waals surface area contributed by atoms with E-state index in [1.807, 2.05) is 28.8 Å². The van der Waals surface area contributed by atoms with Crippen LogP contribution in [-0.2, 0) is 6.54 Å². The van der Waals surface area contributed by atoms with Crippen LogP contribution in [0.15, 0.2) is 48.5 Å². The molecule has 0 radical (unpaired) electrons. The largest absolute Gasteiger partial charge is 0.307 e. The van der Waals surface area contributed by atoms with Gasteiger partial charge in [0.25, 0.3) is 5.69 Å². The monoisotopic (exact) mass is 347 g/mol. The van der Waals surface area contributed by atoms with Crippen LogP contribution in [-0.4, -0.2) is 24.4 Å². The predicted molar refractivity (Wildman–Crippen MR) is 99.8 cm³/mol.